The van der Waals surface area contributed by atoms with Gasteiger partial charge in [-0.15, -0.1) is 12.4 Å². The summed E-state index contributed by atoms with van der Waals surface area (Å²) in [6.07, 6.45) is -4.13. The molecule has 0 spiro atoms. The topological polar surface area (TPSA) is 64.4 Å². The Hall–Kier alpha value is -1.47. The summed E-state index contributed by atoms with van der Waals surface area (Å²) in [5, 5.41) is 2.73. The summed E-state index contributed by atoms with van der Waals surface area (Å²) in [7, 11) is 0. The van der Waals surface area contributed by atoms with Crippen molar-refractivity contribution in [2.75, 3.05) is 13.2 Å². The van der Waals surface area contributed by atoms with E-state index in [1.807, 2.05) is 0 Å². The van der Waals surface area contributed by atoms with Gasteiger partial charge < -0.3 is 15.8 Å². The highest BCUT2D eigenvalue weighted by Gasteiger charge is 2.28. The first-order valence-electron chi connectivity index (χ1n) is 6.11. The van der Waals surface area contributed by atoms with Gasteiger partial charge in [0.1, 0.15) is 5.75 Å². The third kappa shape index (κ3) is 7.77. The molecule has 1 amide bonds. The maximum Gasteiger partial charge on any atom is 0.422 e. The Bertz CT molecular complexity index is 438. The highest BCUT2D eigenvalue weighted by atomic mass is 35.5. The maximum atomic E-state index is 12.0. The van der Waals surface area contributed by atoms with Gasteiger partial charge in [0.15, 0.2) is 6.61 Å². The number of nitrogens with one attached hydrogen (secondary N) is 1. The normalized spacial score (nSPS) is 12.2. The summed E-state index contributed by atoms with van der Waals surface area (Å²) in [4.78, 5) is 11.4. The summed E-state index contributed by atoms with van der Waals surface area (Å²) in [6.45, 7) is 0.720. The van der Waals surface area contributed by atoms with E-state index in [0.29, 0.717) is 0 Å². The highest BCUT2D eigenvalue weighted by Crippen LogP contribution is 2.21. The van der Waals surface area contributed by atoms with E-state index < -0.39 is 12.8 Å². The van der Waals surface area contributed by atoms with E-state index in [4.69, 9.17) is 5.73 Å². The molecule has 0 aliphatic heterocycles. The van der Waals surface area contributed by atoms with Gasteiger partial charge in [-0.05, 0) is 24.6 Å². The predicted octanol–water partition coefficient (Wildman–Crippen LogP) is 2.58. The molecule has 21 heavy (non-hydrogen) atoms. The molecule has 1 rings (SSSR count). The molecule has 0 fully saturated rings. The number of carbonyl (C=O) groups excluding carboxylic acids is 1. The maximum absolute atomic E-state index is 12.0. The van der Waals surface area contributed by atoms with Crippen molar-refractivity contribution in [1.82, 2.24) is 5.32 Å². The zero-order valence-corrected chi connectivity index (χ0v) is 12.3. The van der Waals surface area contributed by atoms with Gasteiger partial charge in [-0.25, -0.2) is 0 Å². The van der Waals surface area contributed by atoms with Gasteiger partial charge in [0.2, 0.25) is 5.91 Å². The number of hydrogen-bond donors (Lipinski definition) is 2. The van der Waals surface area contributed by atoms with Crippen LogP contribution in [0.15, 0.2) is 24.3 Å². The molecule has 120 valence electrons. The van der Waals surface area contributed by atoms with Crippen LogP contribution in [0.5, 0.6) is 5.75 Å². The molecule has 0 heterocycles. The fraction of sp³-hybridized carbons (Fsp3) is 0.462. The lowest BCUT2D eigenvalue weighted by molar-refractivity contribution is -0.153. The zero-order chi connectivity index (χ0) is 15.2. The lowest BCUT2D eigenvalue weighted by atomic mass is 10.1. The first kappa shape index (κ1) is 19.5. The van der Waals surface area contributed by atoms with E-state index in [-0.39, 0.29) is 43.1 Å². The quantitative estimate of drug-likeness (QED) is 0.844. The molecule has 8 heteroatoms. The fourth-order valence-corrected chi connectivity index (χ4v) is 1.55. The minimum absolute atomic E-state index is 0. The molecule has 0 radical (unpaired) electrons. The van der Waals surface area contributed by atoms with Gasteiger partial charge in [-0.3, -0.25) is 4.79 Å². The molecule has 0 aliphatic rings. The van der Waals surface area contributed by atoms with Crippen molar-refractivity contribution in [2.45, 2.75) is 25.6 Å². The fourth-order valence-electron chi connectivity index (χ4n) is 1.55. The van der Waals surface area contributed by atoms with Gasteiger partial charge in [-0.1, -0.05) is 12.1 Å². The van der Waals surface area contributed by atoms with Crippen molar-refractivity contribution in [3.63, 3.8) is 0 Å². The molecule has 1 atom stereocenters. The Morgan fingerprint density at radius 3 is 2.38 bits per heavy atom. The first-order valence-corrected chi connectivity index (χ1v) is 6.11. The summed E-state index contributed by atoms with van der Waals surface area (Å²) < 4.78 is 40.5. The summed E-state index contributed by atoms with van der Waals surface area (Å²) in [5.74, 6) is -0.0380. The summed E-state index contributed by atoms with van der Waals surface area (Å²) in [6, 6.07) is 5.85. The summed E-state index contributed by atoms with van der Waals surface area (Å²) >= 11 is 0. The van der Waals surface area contributed by atoms with Gasteiger partial charge in [-0.2, -0.15) is 13.2 Å². The highest BCUT2D eigenvalue weighted by molar-refractivity contribution is 5.85. The van der Waals surface area contributed by atoms with Crippen LogP contribution >= 0.6 is 12.4 Å². The van der Waals surface area contributed by atoms with Gasteiger partial charge >= 0.3 is 6.18 Å². The Kier molecular flexibility index (Phi) is 8.12. The summed E-state index contributed by atoms with van der Waals surface area (Å²) in [5.41, 5.74) is 6.04. The van der Waals surface area contributed by atoms with Crippen molar-refractivity contribution in [1.29, 1.82) is 0 Å². The third-order valence-electron chi connectivity index (χ3n) is 2.53. The SMILES string of the molecule is CC(NC(=O)CCN)c1ccc(OCC(F)(F)F)cc1.Cl. The van der Waals surface area contributed by atoms with Gasteiger partial charge in [0, 0.05) is 13.0 Å². The Morgan fingerprint density at radius 1 is 1.33 bits per heavy atom. The van der Waals surface area contributed by atoms with E-state index in [2.05, 4.69) is 10.1 Å². The molecular weight excluding hydrogens is 309 g/mol. The van der Waals surface area contributed by atoms with Crippen molar-refractivity contribution < 1.29 is 22.7 Å². The van der Waals surface area contributed by atoms with Crippen molar-refractivity contribution in [2.24, 2.45) is 5.73 Å². The number of amides is 1. The number of carbonyl (C=O) groups is 1. The van der Waals surface area contributed by atoms with Crippen LogP contribution in [0.1, 0.15) is 24.9 Å². The number of nitrogens with two attached hydrogens (primary N) is 1. The van der Waals surface area contributed by atoms with Crippen LogP contribution in [0.4, 0.5) is 13.2 Å². The van der Waals surface area contributed by atoms with E-state index in [0.717, 1.165) is 5.56 Å². The smallest absolute Gasteiger partial charge is 0.422 e. The van der Waals surface area contributed by atoms with Crippen molar-refractivity contribution in [3.05, 3.63) is 29.8 Å². The van der Waals surface area contributed by atoms with Crippen molar-refractivity contribution in [3.8, 4) is 5.75 Å². The second kappa shape index (κ2) is 8.74. The third-order valence-corrected chi connectivity index (χ3v) is 2.53. The zero-order valence-electron chi connectivity index (χ0n) is 11.4. The minimum atomic E-state index is -4.36. The van der Waals surface area contributed by atoms with E-state index in [9.17, 15) is 18.0 Å². The molecular formula is C13H18ClF3N2O2. The molecule has 0 saturated carbocycles. The van der Waals surface area contributed by atoms with E-state index in [1.54, 1.807) is 19.1 Å². The molecule has 0 bridgehead atoms. The lowest BCUT2D eigenvalue weighted by Gasteiger charge is -2.15. The van der Waals surface area contributed by atoms with Crippen LogP contribution < -0.4 is 15.8 Å². The number of ether oxygens (including phenoxy) is 1. The van der Waals surface area contributed by atoms with Crippen LogP contribution in [0, 0.1) is 0 Å². The standard InChI is InChI=1S/C13H17F3N2O2.ClH/c1-9(18-12(19)6-7-17)10-2-4-11(5-3-10)20-8-13(14,15)16;/h2-5,9H,6-8,17H2,1H3,(H,18,19);1H. The second-order valence-corrected chi connectivity index (χ2v) is 4.30. The molecule has 3 N–H and O–H groups in total. The minimum Gasteiger partial charge on any atom is -0.484 e. The van der Waals surface area contributed by atoms with Crippen LogP contribution in [0.3, 0.4) is 0 Å². The van der Waals surface area contributed by atoms with Gasteiger partial charge in [0.25, 0.3) is 0 Å². The monoisotopic (exact) mass is 326 g/mol. The molecule has 1 unspecified atom stereocenters. The molecule has 1 aromatic rings. The van der Waals surface area contributed by atoms with Crippen LogP contribution in [-0.4, -0.2) is 25.2 Å². The van der Waals surface area contributed by atoms with Crippen LogP contribution in [-0.2, 0) is 4.79 Å². The number of benzene rings is 1. The van der Waals surface area contributed by atoms with Crippen LogP contribution in [0.25, 0.3) is 0 Å². The molecule has 4 nitrogen and oxygen atoms in total. The molecule has 0 aromatic heterocycles. The lowest BCUT2D eigenvalue weighted by Crippen LogP contribution is -2.28. The largest absolute Gasteiger partial charge is 0.484 e. The first-order chi connectivity index (χ1) is 9.31. The number of hydrogen-bond acceptors (Lipinski definition) is 3. The molecule has 0 saturated heterocycles. The molecule has 0 aliphatic carbocycles. The molecule has 1 aromatic carbocycles. The second-order valence-electron chi connectivity index (χ2n) is 4.30. The predicted molar refractivity (Wildman–Crippen MR) is 75.5 cm³/mol. The average molecular weight is 327 g/mol. The van der Waals surface area contributed by atoms with E-state index in [1.165, 1.54) is 12.1 Å². The van der Waals surface area contributed by atoms with E-state index >= 15 is 0 Å². The Morgan fingerprint density at radius 2 is 1.90 bits per heavy atom. The van der Waals surface area contributed by atoms with Crippen molar-refractivity contribution >= 4 is 18.3 Å². The Labute approximate surface area is 127 Å². The average Bonchev–Trinajstić information content (AvgIpc) is 2.36. The van der Waals surface area contributed by atoms with Crippen LogP contribution in [0.2, 0.25) is 0 Å². The number of rotatable bonds is 6. The Balaban J connectivity index is 0.00000400. The van der Waals surface area contributed by atoms with Gasteiger partial charge in [0.05, 0.1) is 6.04 Å². The number of halogens is 4. The number of alkyl halides is 3.